The molecule has 110 valence electrons. The number of thiophene rings is 1. The van der Waals surface area contributed by atoms with E-state index in [4.69, 9.17) is 0 Å². The van der Waals surface area contributed by atoms with Crippen LogP contribution < -0.4 is 10.0 Å². The minimum atomic E-state index is -3.52. The highest BCUT2D eigenvalue weighted by Gasteiger charge is 2.19. The van der Waals surface area contributed by atoms with Crippen LogP contribution in [0, 0.1) is 0 Å². The van der Waals surface area contributed by atoms with E-state index in [1.165, 1.54) is 17.6 Å². The molecule has 0 aromatic carbocycles. The first-order chi connectivity index (χ1) is 9.63. The Morgan fingerprint density at radius 1 is 1.35 bits per heavy atom. The van der Waals surface area contributed by atoms with E-state index in [0.717, 1.165) is 17.8 Å². The molecule has 0 aliphatic carbocycles. The van der Waals surface area contributed by atoms with Crippen molar-refractivity contribution < 1.29 is 12.9 Å². The van der Waals surface area contributed by atoms with E-state index in [1.807, 2.05) is 0 Å². The van der Waals surface area contributed by atoms with Crippen molar-refractivity contribution in [3.63, 3.8) is 0 Å². The normalized spacial score (nSPS) is 11.8. The minimum Gasteiger partial charge on any atom is -0.364 e. The van der Waals surface area contributed by atoms with Crippen molar-refractivity contribution in [3.8, 4) is 0 Å². The van der Waals surface area contributed by atoms with Gasteiger partial charge in [-0.3, -0.25) is 0 Å². The maximum Gasteiger partial charge on any atom is 0.242 e. The van der Waals surface area contributed by atoms with Gasteiger partial charge in [-0.25, -0.2) is 13.1 Å². The molecule has 0 atom stereocenters. The van der Waals surface area contributed by atoms with E-state index in [9.17, 15) is 8.42 Å². The maximum atomic E-state index is 12.3. The Morgan fingerprint density at radius 3 is 2.90 bits per heavy atom. The largest absolute Gasteiger partial charge is 0.364 e. The monoisotopic (exact) mass is 315 g/mol. The fourth-order valence-corrected chi connectivity index (χ4v) is 4.06. The van der Waals surface area contributed by atoms with Crippen LogP contribution in [0.5, 0.6) is 0 Å². The minimum absolute atomic E-state index is 0.122. The lowest BCUT2D eigenvalue weighted by molar-refractivity contribution is 0.411. The van der Waals surface area contributed by atoms with Crippen LogP contribution in [-0.2, 0) is 23.1 Å². The fraction of sp³-hybridized carbons (Fsp3) is 0.417. The van der Waals surface area contributed by atoms with Crippen molar-refractivity contribution in [3.05, 3.63) is 34.3 Å². The highest BCUT2D eigenvalue weighted by atomic mass is 32.2. The van der Waals surface area contributed by atoms with E-state index in [2.05, 4.69) is 26.6 Å². The molecule has 0 aliphatic heterocycles. The second-order valence-corrected chi connectivity index (χ2v) is 6.94. The average Bonchev–Trinajstić information content (AvgIpc) is 3.08. The SMILES string of the molecule is CCCNCc1sccc1S(=O)(=O)NCc1ccon1. The molecule has 0 spiro atoms. The lowest BCUT2D eigenvalue weighted by Gasteiger charge is -2.07. The number of rotatable bonds is 8. The van der Waals surface area contributed by atoms with Crippen molar-refractivity contribution in [2.24, 2.45) is 0 Å². The summed E-state index contributed by atoms with van der Waals surface area (Å²) in [5, 5.41) is 8.67. The third-order valence-corrected chi connectivity index (χ3v) is 5.18. The van der Waals surface area contributed by atoms with Gasteiger partial charge in [0.25, 0.3) is 0 Å². The summed E-state index contributed by atoms with van der Waals surface area (Å²) in [6.45, 7) is 3.62. The Balaban J connectivity index is 2.03. The predicted molar refractivity (Wildman–Crippen MR) is 76.8 cm³/mol. The lowest BCUT2D eigenvalue weighted by Crippen LogP contribution is -2.24. The summed E-state index contributed by atoms with van der Waals surface area (Å²) in [6.07, 6.45) is 2.42. The van der Waals surface area contributed by atoms with E-state index in [1.54, 1.807) is 17.5 Å². The fourth-order valence-electron chi connectivity index (χ4n) is 1.65. The number of sulfonamides is 1. The number of aromatic nitrogens is 1. The molecule has 0 unspecified atom stereocenters. The molecular weight excluding hydrogens is 298 g/mol. The third kappa shape index (κ3) is 3.89. The summed E-state index contributed by atoms with van der Waals surface area (Å²) >= 11 is 1.43. The van der Waals surface area contributed by atoms with E-state index < -0.39 is 10.0 Å². The first-order valence-corrected chi connectivity index (χ1v) is 8.65. The van der Waals surface area contributed by atoms with Gasteiger partial charge in [0, 0.05) is 17.5 Å². The van der Waals surface area contributed by atoms with Crippen LogP contribution >= 0.6 is 11.3 Å². The predicted octanol–water partition coefficient (Wildman–Crippen LogP) is 1.71. The highest BCUT2D eigenvalue weighted by molar-refractivity contribution is 7.89. The molecule has 2 N–H and O–H groups in total. The van der Waals surface area contributed by atoms with E-state index in [-0.39, 0.29) is 6.54 Å². The molecule has 0 fully saturated rings. The molecule has 0 aliphatic rings. The quantitative estimate of drug-likeness (QED) is 0.725. The molecule has 0 radical (unpaired) electrons. The lowest BCUT2D eigenvalue weighted by atomic mass is 10.4. The summed E-state index contributed by atoms with van der Waals surface area (Å²) < 4.78 is 31.7. The zero-order valence-electron chi connectivity index (χ0n) is 11.1. The summed E-state index contributed by atoms with van der Waals surface area (Å²) in [4.78, 5) is 1.14. The average molecular weight is 315 g/mol. The molecular formula is C12H17N3O3S2. The molecule has 2 heterocycles. The second-order valence-electron chi connectivity index (χ2n) is 4.20. The third-order valence-electron chi connectivity index (χ3n) is 2.64. The molecule has 2 aromatic rings. The molecule has 0 saturated heterocycles. The zero-order valence-corrected chi connectivity index (χ0v) is 12.8. The van der Waals surface area contributed by atoms with Gasteiger partial charge in [0.05, 0.1) is 17.1 Å². The summed E-state index contributed by atoms with van der Waals surface area (Å²) in [7, 11) is -3.52. The highest BCUT2D eigenvalue weighted by Crippen LogP contribution is 2.21. The van der Waals surface area contributed by atoms with Crippen LogP contribution in [0.4, 0.5) is 0 Å². The number of nitrogens with one attached hydrogen (secondary N) is 2. The van der Waals surface area contributed by atoms with Crippen LogP contribution in [-0.4, -0.2) is 20.1 Å². The smallest absolute Gasteiger partial charge is 0.242 e. The van der Waals surface area contributed by atoms with Gasteiger partial charge in [0.1, 0.15) is 6.26 Å². The standard InChI is InChI=1S/C12H17N3O3S2/c1-2-5-13-9-11-12(4-7-19-11)20(16,17)14-8-10-3-6-18-15-10/h3-4,6-7,13-14H,2,5,8-9H2,1H3. The molecule has 0 amide bonds. The van der Waals surface area contributed by atoms with Crippen molar-refractivity contribution in [1.82, 2.24) is 15.2 Å². The number of nitrogens with zero attached hydrogens (tertiary/aromatic N) is 1. The van der Waals surface area contributed by atoms with Crippen molar-refractivity contribution in [1.29, 1.82) is 0 Å². The van der Waals surface area contributed by atoms with Crippen LogP contribution in [0.1, 0.15) is 23.9 Å². The molecule has 2 rings (SSSR count). The second kappa shape index (κ2) is 6.98. The summed E-state index contributed by atoms with van der Waals surface area (Å²) in [6, 6.07) is 3.25. The van der Waals surface area contributed by atoms with Gasteiger partial charge in [0.15, 0.2) is 0 Å². The van der Waals surface area contributed by atoms with Gasteiger partial charge < -0.3 is 9.84 Å². The van der Waals surface area contributed by atoms with Crippen LogP contribution in [0.25, 0.3) is 0 Å². The number of hydrogen-bond acceptors (Lipinski definition) is 6. The van der Waals surface area contributed by atoms with Crippen LogP contribution in [0.2, 0.25) is 0 Å². The molecule has 0 bridgehead atoms. The van der Waals surface area contributed by atoms with E-state index in [0.29, 0.717) is 17.1 Å². The Morgan fingerprint density at radius 2 is 2.20 bits per heavy atom. The molecule has 2 aromatic heterocycles. The van der Waals surface area contributed by atoms with Gasteiger partial charge in [-0.05, 0) is 24.4 Å². The van der Waals surface area contributed by atoms with Crippen molar-refractivity contribution >= 4 is 21.4 Å². The Kier molecular flexibility index (Phi) is 5.30. The summed E-state index contributed by atoms with van der Waals surface area (Å²) in [5.74, 6) is 0. The van der Waals surface area contributed by atoms with Gasteiger partial charge in [-0.1, -0.05) is 12.1 Å². The Hall–Kier alpha value is -1.22. The van der Waals surface area contributed by atoms with E-state index >= 15 is 0 Å². The molecule has 20 heavy (non-hydrogen) atoms. The van der Waals surface area contributed by atoms with Crippen molar-refractivity contribution in [2.75, 3.05) is 6.54 Å². The Bertz CT molecular complexity index is 620. The molecule has 8 heteroatoms. The van der Waals surface area contributed by atoms with Crippen LogP contribution in [0.15, 0.2) is 33.2 Å². The molecule has 6 nitrogen and oxygen atoms in total. The molecule has 0 saturated carbocycles. The maximum absolute atomic E-state index is 12.3. The van der Waals surface area contributed by atoms with Crippen LogP contribution in [0.3, 0.4) is 0 Å². The van der Waals surface area contributed by atoms with Gasteiger partial charge in [-0.15, -0.1) is 11.3 Å². The zero-order chi connectivity index (χ0) is 14.4. The summed E-state index contributed by atoms with van der Waals surface area (Å²) in [5.41, 5.74) is 0.550. The van der Waals surface area contributed by atoms with Gasteiger partial charge in [0.2, 0.25) is 10.0 Å². The first-order valence-electron chi connectivity index (χ1n) is 6.29. The van der Waals surface area contributed by atoms with Gasteiger partial charge in [-0.2, -0.15) is 0 Å². The number of hydrogen-bond donors (Lipinski definition) is 2. The Labute approximate surface area is 122 Å². The topological polar surface area (TPSA) is 84.2 Å². The van der Waals surface area contributed by atoms with Crippen molar-refractivity contribution in [2.45, 2.75) is 31.3 Å². The van der Waals surface area contributed by atoms with Gasteiger partial charge >= 0.3 is 0 Å². The first kappa shape index (κ1) is 15.2.